The molecule has 1 aliphatic rings. The summed E-state index contributed by atoms with van der Waals surface area (Å²) in [6, 6.07) is 3.96. The smallest absolute Gasteiger partial charge is 0.331 e. The normalized spacial score (nSPS) is 19.6. The van der Waals surface area contributed by atoms with E-state index in [0.717, 1.165) is 36.9 Å². The lowest BCUT2D eigenvalue weighted by atomic mass is 10.0. The predicted molar refractivity (Wildman–Crippen MR) is 74.2 cm³/mol. The summed E-state index contributed by atoms with van der Waals surface area (Å²) in [6.07, 6.45) is 2.68. The van der Waals surface area contributed by atoms with Gasteiger partial charge >= 0.3 is 6.18 Å². The number of H-pyrrole nitrogens is 1. The van der Waals surface area contributed by atoms with Crippen molar-refractivity contribution in [3.63, 3.8) is 0 Å². The van der Waals surface area contributed by atoms with Gasteiger partial charge < -0.3 is 9.55 Å². The standard InChI is InChI=1S/C14H13F3N2S/c15-14(16,17)9-6-7-12-11(8-9)18-13(20)19(12)10-4-2-1-3-5-10/h1-2,6-8,10H,3-5H2,(H,18,20). The fourth-order valence-electron chi connectivity index (χ4n) is 2.68. The molecule has 0 saturated heterocycles. The van der Waals surface area contributed by atoms with Crippen molar-refractivity contribution >= 4 is 23.3 Å². The maximum Gasteiger partial charge on any atom is 0.416 e. The van der Waals surface area contributed by atoms with Crippen molar-refractivity contribution < 1.29 is 13.2 Å². The molecular weight excluding hydrogens is 285 g/mol. The lowest BCUT2D eigenvalue weighted by Gasteiger charge is -2.20. The average molecular weight is 298 g/mol. The van der Waals surface area contributed by atoms with E-state index in [0.29, 0.717) is 10.3 Å². The number of nitrogens with zero attached hydrogens (tertiary/aromatic N) is 1. The largest absolute Gasteiger partial charge is 0.416 e. The zero-order chi connectivity index (χ0) is 14.3. The number of hydrogen-bond donors (Lipinski definition) is 1. The second-order valence-corrected chi connectivity index (χ2v) is 5.35. The van der Waals surface area contributed by atoms with Crippen LogP contribution in [-0.4, -0.2) is 9.55 Å². The van der Waals surface area contributed by atoms with Gasteiger partial charge in [-0.1, -0.05) is 12.2 Å². The van der Waals surface area contributed by atoms with Crippen LogP contribution in [0.25, 0.3) is 11.0 Å². The molecule has 1 heterocycles. The summed E-state index contributed by atoms with van der Waals surface area (Å²) >= 11 is 5.27. The number of aromatic amines is 1. The molecule has 2 nitrogen and oxygen atoms in total. The van der Waals surface area contributed by atoms with Gasteiger partial charge in [0, 0.05) is 6.04 Å². The number of fused-ring (bicyclic) bond motifs is 1. The van der Waals surface area contributed by atoms with E-state index in [1.165, 1.54) is 6.07 Å². The van der Waals surface area contributed by atoms with Gasteiger partial charge in [0.1, 0.15) is 0 Å². The molecule has 0 radical (unpaired) electrons. The van der Waals surface area contributed by atoms with Gasteiger partial charge in [-0.2, -0.15) is 13.2 Å². The molecule has 20 heavy (non-hydrogen) atoms. The average Bonchev–Trinajstić information content (AvgIpc) is 2.73. The van der Waals surface area contributed by atoms with E-state index in [2.05, 4.69) is 17.1 Å². The molecule has 0 aliphatic heterocycles. The minimum absolute atomic E-state index is 0.220. The van der Waals surface area contributed by atoms with Crippen LogP contribution in [0.3, 0.4) is 0 Å². The number of rotatable bonds is 1. The maximum atomic E-state index is 12.7. The Balaban J connectivity index is 2.12. The molecule has 6 heteroatoms. The van der Waals surface area contributed by atoms with E-state index in [4.69, 9.17) is 12.2 Å². The molecule has 3 rings (SSSR count). The van der Waals surface area contributed by atoms with Crippen molar-refractivity contribution in [2.75, 3.05) is 0 Å². The summed E-state index contributed by atoms with van der Waals surface area (Å²) in [7, 11) is 0. The molecule has 0 amide bonds. The quantitative estimate of drug-likeness (QED) is 0.580. The number of imidazole rings is 1. The Hall–Kier alpha value is -1.56. The topological polar surface area (TPSA) is 20.7 Å². The number of halogens is 3. The van der Waals surface area contributed by atoms with Crippen LogP contribution in [-0.2, 0) is 6.18 Å². The molecule has 0 bridgehead atoms. The lowest BCUT2D eigenvalue weighted by molar-refractivity contribution is -0.137. The van der Waals surface area contributed by atoms with Gasteiger partial charge in [-0.3, -0.25) is 0 Å². The SMILES string of the molecule is FC(F)(F)c1ccc2c(c1)[nH]c(=S)n2C1CC=CCC1. The predicted octanol–water partition coefficient (Wildman–Crippen LogP) is 5.00. The Morgan fingerprint density at radius 2 is 2.05 bits per heavy atom. The summed E-state index contributed by atoms with van der Waals surface area (Å²) in [5.41, 5.74) is 0.527. The monoisotopic (exact) mass is 298 g/mol. The Kier molecular flexibility index (Phi) is 3.20. The summed E-state index contributed by atoms with van der Waals surface area (Å²) in [4.78, 5) is 2.89. The number of nitrogens with one attached hydrogen (secondary N) is 1. The highest BCUT2D eigenvalue weighted by molar-refractivity contribution is 7.71. The highest BCUT2D eigenvalue weighted by atomic mass is 32.1. The first kappa shape index (κ1) is 13.4. The van der Waals surface area contributed by atoms with Crippen molar-refractivity contribution in [2.45, 2.75) is 31.5 Å². The summed E-state index contributed by atoms with van der Waals surface area (Å²) in [6.45, 7) is 0. The van der Waals surface area contributed by atoms with Gasteiger partial charge in [-0.05, 0) is 49.7 Å². The summed E-state index contributed by atoms with van der Waals surface area (Å²) in [5.74, 6) is 0. The number of benzene rings is 1. The molecule has 1 N–H and O–H groups in total. The van der Waals surface area contributed by atoms with Crippen LogP contribution in [0.15, 0.2) is 30.4 Å². The third kappa shape index (κ3) is 2.28. The third-order valence-corrected chi connectivity index (χ3v) is 3.95. The fourth-order valence-corrected chi connectivity index (χ4v) is 3.04. The maximum absolute atomic E-state index is 12.7. The Labute approximate surface area is 118 Å². The Morgan fingerprint density at radius 1 is 1.25 bits per heavy atom. The minimum atomic E-state index is -4.33. The van der Waals surface area contributed by atoms with Gasteiger partial charge in [0.2, 0.25) is 0 Å². The van der Waals surface area contributed by atoms with Gasteiger partial charge in [-0.15, -0.1) is 0 Å². The van der Waals surface area contributed by atoms with Gasteiger partial charge in [0.15, 0.2) is 4.77 Å². The van der Waals surface area contributed by atoms with Crippen LogP contribution in [0.2, 0.25) is 0 Å². The molecule has 106 valence electrons. The molecule has 0 fully saturated rings. The molecule has 1 atom stereocenters. The van der Waals surface area contributed by atoms with Crippen molar-refractivity contribution in [3.8, 4) is 0 Å². The number of hydrogen-bond acceptors (Lipinski definition) is 1. The third-order valence-electron chi connectivity index (χ3n) is 3.65. The van der Waals surface area contributed by atoms with E-state index in [9.17, 15) is 13.2 Å². The first-order chi connectivity index (χ1) is 9.47. The Morgan fingerprint density at radius 3 is 2.70 bits per heavy atom. The first-order valence-corrected chi connectivity index (χ1v) is 6.84. The number of allylic oxidation sites excluding steroid dienone is 2. The molecule has 1 aromatic heterocycles. The number of alkyl halides is 3. The summed E-state index contributed by atoms with van der Waals surface area (Å²) in [5, 5.41) is 0. The van der Waals surface area contributed by atoms with E-state index in [-0.39, 0.29) is 6.04 Å². The van der Waals surface area contributed by atoms with Crippen LogP contribution in [0.1, 0.15) is 30.9 Å². The van der Waals surface area contributed by atoms with Crippen molar-refractivity contribution in [3.05, 3.63) is 40.7 Å². The second kappa shape index (κ2) is 4.77. The van der Waals surface area contributed by atoms with E-state index in [1.54, 1.807) is 0 Å². The van der Waals surface area contributed by atoms with Crippen LogP contribution < -0.4 is 0 Å². The second-order valence-electron chi connectivity index (χ2n) is 4.97. The van der Waals surface area contributed by atoms with Crippen molar-refractivity contribution in [1.82, 2.24) is 9.55 Å². The Bertz CT molecular complexity index is 724. The lowest BCUT2D eigenvalue weighted by Crippen LogP contribution is -2.10. The van der Waals surface area contributed by atoms with Crippen molar-refractivity contribution in [1.29, 1.82) is 0 Å². The van der Waals surface area contributed by atoms with E-state index in [1.807, 2.05) is 4.57 Å². The van der Waals surface area contributed by atoms with Gasteiger partial charge in [0.25, 0.3) is 0 Å². The highest BCUT2D eigenvalue weighted by Gasteiger charge is 2.31. The molecule has 1 aromatic carbocycles. The highest BCUT2D eigenvalue weighted by Crippen LogP contribution is 2.33. The zero-order valence-corrected chi connectivity index (χ0v) is 11.4. The fraction of sp³-hybridized carbons (Fsp3) is 0.357. The van der Waals surface area contributed by atoms with Gasteiger partial charge in [-0.25, -0.2) is 0 Å². The molecule has 0 spiro atoms. The van der Waals surface area contributed by atoms with E-state index >= 15 is 0 Å². The molecule has 1 unspecified atom stereocenters. The minimum Gasteiger partial charge on any atom is -0.331 e. The van der Waals surface area contributed by atoms with Gasteiger partial charge in [0.05, 0.1) is 16.6 Å². The molecule has 2 aromatic rings. The number of aromatic nitrogens is 2. The van der Waals surface area contributed by atoms with Crippen molar-refractivity contribution in [2.24, 2.45) is 0 Å². The van der Waals surface area contributed by atoms with Crippen LogP contribution in [0.5, 0.6) is 0 Å². The van der Waals surface area contributed by atoms with Crippen LogP contribution in [0, 0.1) is 4.77 Å². The van der Waals surface area contributed by atoms with E-state index < -0.39 is 11.7 Å². The first-order valence-electron chi connectivity index (χ1n) is 6.43. The zero-order valence-electron chi connectivity index (χ0n) is 10.6. The van der Waals surface area contributed by atoms with Crippen LogP contribution >= 0.6 is 12.2 Å². The summed E-state index contributed by atoms with van der Waals surface area (Å²) < 4.78 is 40.6. The molecule has 0 saturated carbocycles. The van der Waals surface area contributed by atoms with Crippen LogP contribution in [0.4, 0.5) is 13.2 Å². The molecule has 1 aliphatic carbocycles. The molecular formula is C14H13F3N2S.